The van der Waals surface area contributed by atoms with E-state index in [9.17, 15) is 28.0 Å². The highest BCUT2D eigenvalue weighted by molar-refractivity contribution is 6.45. The van der Waals surface area contributed by atoms with E-state index in [0.717, 1.165) is 36.3 Å². The second-order valence-electron chi connectivity index (χ2n) is 8.10. The van der Waals surface area contributed by atoms with Gasteiger partial charge < -0.3 is 5.32 Å². The van der Waals surface area contributed by atoms with E-state index in [1.54, 1.807) is 6.92 Å². The van der Waals surface area contributed by atoms with Crippen molar-refractivity contribution >= 4 is 29.4 Å². The molecule has 0 unspecified atom stereocenters. The Labute approximate surface area is 166 Å². The molecular formula is C20H21F2N3O4. The predicted molar refractivity (Wildman–Crippen MR) is 97.3 cm³/mol. The third-order valence-corrected chi connectivity index (χ3v) is 6.41. The Morgan fingerprint density at radius 3 is 2.55 bits per heavy atom. The molecule has 1 aliphatic heterocycles. The van der Waals surface area contributed by atoms with Gasteiger partial charge in [-0.25, -0.2) is 18.5 Å². The summed E-state index contributed by atoms with van der Waals surface area (Å²) in [6, 6.07) is 1.35. The van der Waals surface area contributed by atoms with Gasteiger partial charge in [0.05, 0.1) is 5.69 Å². The van der Waals surface area contributed by atoms with Gasteiger partial charge in [0.1, 0.15) is 18.2 Å². The highest BCUT2D eigenvalue weighted by Crippen LogP contribution is 2.50. The number of imide groups is 2. The average Bonchev–Trinajstić information content (AvgIpc) is 3.35. The zero-order valence-corrected chi connectivity index (χ0v) is 15.9. The normalized spacial score (nSPS) is 27.1. The molecule has 1 N–H and O–H groups in total. The maximum atomic E-state index is 13.7. The summed E-state index contributed by atoms with van der Waals surface area (Å²) in [6.07, 6.45) is 4.26. The second-order valence-corrected chi connectivity index (χ2v) is 8.10. The van der Waals surface area contributed by atoms with Gasteiger partial charge >= 0.3 is 17.8 Å². The maximum absolute atomic E-state index is 13.7. The van der Waals surface area contributed by atoms with Crippen LogP contribution in [0.5, 0.6) is 0 Å². The van der Waals surface area contributed by atoms with Crippen molar-refractivity contribution in [3.05, 3.63) is 29.8 Å². The number of hydrogen-bond acceptors (Lipinski definition) is 4. The number of amides is 5. The number of fused-ring (bicyclic) bond motifs is 2. The molecule has 1 heterocycles. The fourth-order valence-corrected chi connectivity index (χ4v) is 5.02. The van der Waals surface area contributed by atoms with Gasteiger partial charge in [-0.3, -0.25) is 19.3 Å². The Balaban J connectivity index is 1.44. The molecule has 3 fully saturated rings. The van der Waals surface area contributed by atoms with Gasteiger partial charge in [0, 0.05) is 12.1 Å². The molecule has 2 saturated carbocycles. The number of urea groups is 1. The average molecular weight is 405 g/mol. The molecule has 2 bridgehead atoms. The molecule has 1 aromatic rings. The first-order chi connectivity index (χ1) is 13.8. The first kappa shape index (κ1) is 19.5. The Bertz CT molecular complexity index is 906. The molecule has 0 spiro atoms. The molecule has 3 aliphatic rings. The van der Waals surface area contributed by atoms with E-state index < -0.39 is 48.0 Å². The summed E-state index contributed by atoms with van der Waals surface area (Å²) in [5.74, 6) is -3.43. The van der Waals surface area contributed by atoms with Gasteiger partial charge in [0.25, 0.3) is 0 Å². The van der Waals surface area contributed by atoms with Crippen LogP contribution in [0.3, 0.4) is 0 Å². The number of nitrogens with zero attached hydrogens (tertiary/aromatic N) is 2. The molecule has 0 radical (unpaired) electrons. The Morgan fingerprint density at radius 1 is 1.17 bits per heavy atom. The van der Waals surface area contributed by atoms with Crippen LogP contribution in [-0.2, 0) is 14.4 Å². The van der Waals surface area contributed by atoms with Gasteiger partial charge in [-0.15, -0.1) is 0 Å². The summed E-state index contributed by atoms with van der Waals surface area (Å²) in [7, 11) is 0. The monoisotopic (exact) mass is 405 g/mol. The van der Waals surface area contributed by atoms with Crippen molar-refractivity contribution in [1.29, 1.82) is 0 Å². The summed E-state index contributed by atoms with van der Waals surface area (Å²) in [6.45, 7) is 1.05. The topological polar surface area (TPSA) is 86.8 Å². The molecule has 9 heteroatoms. The van der Waals surface area contributed by atoms with Gasteiger partial charge in [0.15, 0.2) is 0 Å². The van der Waals surface area contributed by atoms with Crippen LogP contribution in [-0.4, -0.2) is 46.1 Å². The van der Waals surface area contributed by atoms with Crippen LogP contribution in [0.2, 0.25) is 0 Å². The standard InChI is InChI=1S/C20H21F2N3O4/c1-10(14-7-11-2-3-12(14)6-11)25-19(28)18(27)24(20(25)29)9-17(26)23-16-5-4-13(21)8-15(16)22/h4-5,8,10-12,14H,2-3,6-7,9H2,1H3,(H,23,26)/t10-,11-,12-,14-/m1/s1. The van der Waals surface area contributed by atoms with E-state index in [4.69, 9.17) is 0 Å². The van der Waals surface area contributed by atoms with Crippen molar-refractivity contribution < 1.29 is 28.0 Å². The Morgan fingerprint density at radius 2 is 1.93 bits per heavy atom. The van der Waals surface area contributed by atoms with E-state index in [0.29, 0.717) is 22.8 Å². The van der Waals surface area contributed by atoms with Crippen molar-refractivity contribution in [2.24, 2.45) is 17.8 Å². The van der Waals surface area contributed by atoms with E-state index >= 15 is 0 Å². The third kappa shape index (κ3) is 3.38. The molecule has 154 valence electrons. The first-order valence-corrected chi connectivity index (χ1v) is 9.70. The molecule has 7 nitrogen and oxygen atoms in total. The number of carbonyl (C=O) groups is 4. The lowest BCUT2D eigenvalue weighted by Gasteiger charge is -2.32. The van der Waals surface area contributed by atoms with E-state index in [2.05, 4.69) is 5.32 Å². The zero-order chi connectivity index (χ0) is 20.9. The summed E-state index contributed by atoms with van der Waals surface area (Å²) in [4.78, 5) is 51.2. The smallest absolute Gasteiger partial charge is 0.322 e. The lowest BCUT2D eigenvalue weighted by molar-refractivity contribution is -0.144. The minimum atomic E-state index is -1.07. The number of rotatable bonds is 5. The van der Waals surface area contributed by atoms with Crippen molar-refractivity contribution in [1.82, 2.24) is 9.80 Å². The van der Waals surface area contributed by atoms with E-state index in [1.165, 1.54) is 6.42 Å². The fourth-order valence-electron chi connectivity index (χ4n) is 5.02. The van der Waals surface area contributed by atoms with Crippen LogP contribution in [0.4, 0.5) is 19.3 Å². The molecule has 2 aliphatic carbocycles. The summed E-state index contributed by atoms with van der Waals surface area (Å²) < 4.78 is 26.7. The second kappa shape index (κ2) is 7.20. The largest absolute Gasteiger partial charge is 0.334 e. The molecule has 0 aromatic heterocycles. The van der Waals surface area contributed by atoms with E-state index in [1.807, 2.05) is 0 Å². The van der Waals surface area contributed by atoms with Crippen LogP contribution >= 0.6 is 0 Å². The summed E-state index contributed by atoms with van der Waals surface area (Å²) in [5, 5.41) is 2.18. The molecule has 29 heavy (non-hydrogen) atoms. The van der Waals surface area contributed by atoms with Crippen molar-refractivity contribution in [3.8, 4) is 0 Å². The molecule has 4 rings (SSSR count). The van der Waals surface area contributed by atoms with E-state index in [-0.39, 0.29) is 11.6 Å². The number of nitrogens with one attached hydrogen (secondary N) is 1. The highest BCUT2D eigenvalue weighted by Gasteiger charge is 2.52. The highest BCUT2D eigenvalue weighted by atomic mass is 19.1. The number of benzene rings is 1. The van der Waals surface area contributed by atoms with Crippen LogP contribution in [0.25, 0.3) is 0 Å². The molecular weight excluding hydrogens is 384 g/mol. The minimum Gasteiger partial charge on any atom is -0.322 e. The predicted octanol–water partition coefficient (Wildman–Crippen LogP) is 2.52. The quantitative estimate of drug-likeness (QED) is 0.603. The van der Waals surface area contributed by atoms with Crippen molar-refractivity contribution in [2.45, 2.75) is 38.6 Å². The number of halogens is 2. The molecule has 4 atom stereocenters. The molecule has 1 aromatic carbocycles. The van der Waals surface area contributed by atoms with Crippen LogP contribution in [0.1, 0.15) is 32.6 Å². The van der Waals surface area contributed by atoms with Crippen LogP contribution in [0, 0.1) is 29.4 Å². The zero-order valence-electron chi connectivity index (χ0n) is 15.9. The van der Waals surface area contributed by atoms with Gasteiger partial charge in [-0.1, -0.05) is 6.42 Å². The number of anilines is 1. The van der Waals surface area contributed by atoms with Crippen molar-refractivity contribution in [3.63, 3.8) is 0 Å². The molecule has 1 saturated heterocycles. The number of carbonyl (C=O) groups excluding carboxylic acids is 4. The van der Waals surface area contributed by atoms with Crippen molar-refractivity contribution in [2.75, 3.05) is 11.9 Å². The molecule has 5 amide bonds. The Kier molecular flexibility index (Phi) is 4.84. The van der Waals surface area contributed by atoms with Gasteiger partial charge in [-0.05, 0) is 56.1 Å². The fraction of sp³-hybridized carbons (Fsp3) is 0.500. The van der Waals surface area contributed by atoms with Crippen LogP contribution < -0.4 is 5.32 Å². The Hall–Kier alpha value is -2.84. The van der Waals surface area contributed by atoms with Crippen LogP contribution in [0.15, 0.2) is 18.2 Å². The number of hydrogen-bond donors (Lipinski definition) is 1. The minimum absolute atomic E-state index is 0.163. The van der Waals surface area contributed by atoms with Gasteiger partial charge in [-0.2, -0.15) is 0 Å². The SMILES string of the molecule is C[C@H]([C@H]1C[C@@H]2CC[C@@H]1C2)N1C(=O)C(=O)N(CC(=O)Nc2ccc(F)cc2F)C1=O. The van der Waals surface area contributed by atoms with Gasteiger partial charge in [0.2, 0.25) is 5.91 Å². The third-order valence-electron chi connectivity index (χ3n) is 6.41. The summed E-state index contributed by atoms with van der Waals surface area (Å²) in [5.41, 5.74) is -0.283. The lowest BCUT2D eigenvalue weighted by atomic mass is 9.83. The maximum Gasteiger partial charge on any atom is 0.334 e. The first-order valence-electron chi connectivity index (χ1n) is 9.70. The lowest BCUT2D eigenvalue weighted by Crippen LogP contribution is -2.45. The summed E-state index contributed by atoms with van der Waals surface area (Å²) >= 11 is 0.